The fourth-order valence-electron chi connectivity index (χ4n) is 2.40. The molecule has 8 heteroatoms. The Kier molecular flexibility index (Phi) is 3.91. The average molecular weight is 354 g/mol. The van der Waals surface area contributed by atoms with E-state index >= 15 is 0 Å². The highest BCUT2D eigenvalue weighted by Crippen LogP contribution is 2.13. The maximum absolute atomic E-state index is 12.2. The molecule has 0 spiro atoms. The molecule has 0 bridgehead atoms. The van der Waals surface area contributed by atoms with Gasteiger partial charge in [0, 0.05) is 12.4 Å². The molecular weight excluding hydrogens is 342 g/mol. The predicted molar refractivity (Wildman–Crippen MR) is 90.7 cm³/mol. The van der Waals surface area contributed by atoms with Crippen LogP contribution in [0.3, 0.4) is 0 Å². The molecule has 124 valence electrons. The summed E-state index contributed by atoms with van der Waals surface area (Å²) in [7, 11) is 0. The molecule has 0 aliphatic heterocycles. The molecule has 4 aromatic rings. The van der Waals surface area contributed by atoms with Gasteiger partial charge in [0.15, 0.2) is 0 Å². The van der Waals surface area contributed by atoms with Crippen molar-refractivity contribution in [1.29, 1.82) is 0 Å². The number of nitrogens with zero attached hydrogens (tertiary/aromatic N) is 5. The van der Waals surface area contributed by atoms with Crippen LogP contribution in [0.15, 0.2) is 61.4 Å². The van der Waals surface area contributed by atoms with Gasteiger partial charge >= 0.3 is 5.97 Å². The molecule has 0 amide bonds. The minimum atomic E-state index is -0.416. The van der Waals surface area contributed by atoms with Gasteiger partial charge in [-0.05, 0) is 36.4 Å². The van der Waals surface area contributed by atoms with Crippen molar-refractivity contribution in [3.63, 3.8) is 0 Å². The second kappa shape index (κ2) is 6.37. The molecule has 0 saturated carbocycles. The number of fused-ring (bicyclic) bond motifs is 1. The number of esters is 1. The zero-order chi connectivity index (χ0) is 17.2. The van der Waals surface area contributed by atoms with Gasteiger partial charge in [-0.2, -0.15) is 5.10 Å². The maximum atomic E-state index is 12.2. The van der Waals surface area contributed by atoms with Crippen molar-refractivity contribution in [3.05, 3.63) is 77.7 Å². The first-order valence-corrected chi connectivity index (χ1v) is 7.82. The lowest BCUT2D eigenvalue weighted by atomic mass is 10.2. The van der Waals surface area contributed by atoms with E-state index in [1.165, 1.54) is 6.33 Å². The van der Waals surface area contributed by atoms with Gasteiger partial charge < -0.3 is 9.14 Å². The number of carbonyl (C=O) groups excluding carboxylic acids is 1. The van der Waals surface area contributed by atoms with Crippen LogP contribution in [0, 0.1) is 0 Å². The van der Waals surface area contributed by atoms with Gasteiger partial charge in [0.2, 0.25) is 0 Å². The van der Waals surface area contributed by atoms with Gasteiger partial charge in [-0.25, -0.2) is 19.4 Å². The molecule has 1 aromatic carbocycles. The number of carbonyl (C=O) groups is 1. The Morgan fingerprint density at radius 3 is 2.72 bits per heavy atom. The minimum absolute atomic E-state index is 0.0863. The zero-order valence-electron chi connectivity index (χ0n) is 12.9. The molecule has 7 nitrogen and oxygen atoms in total. The molecule has 3 aromatic heterocycles. The van der Waals surface area contributed by atoms with Gasteiger partial charge in [0.1, 0.15) is 24.9 Å². The lowest BCUT2D eigenvalue weighted by Crippen LogP contribution is -2.06. The number of pyridine rings is 1. The third kappa shape index (κ3) is 3.22. The second-order valence-electron chi connectivity index (χ2n) is 5.31. The Morgan fingerprint density at radius 1 is 1.12 bits per heavy atom. The average Bonchev–Trinajstić information content (AvgIpc) is 3.29. The SMILES string of the molecule is O=C(OCc1cn2cc(Cl)ccc2n1)c1ccc(-n2cncn2)cc1. The normalized spacial score (nSPS) is 10.9. The molecule has 0 radical (unpaired) electrons. The highest BCUT2D eigenvalue weighted by molar-refractivity contribution is 6.30. The smallest absolute Gasteiger partial charge is 0.338 e. The summed E-state index contributed by atoms with van der Waals surface area (Å²) in [6, 6.07) is 10.5. The molecule has 3 heterocycles. The maximum Gasteiger partial charge on any atom is 0.338 e. The lowest BCUT2D eigenvalue weighted by molar-refractivity contribution is 0.0468. The molecule has 0 atom stereocenters. The largest absolute Gasteiger partial charge is 0.456 e. The lowest BCUT2D eigenvalue weighted by Gasteiger charge is -2.04. The van der Waals surface area contributed by atoms with Crippen LogP contribution < -0.4 is 0 Å². The summed E-state index contributed by atoms with van der Waals surface area (Å²) in [6.45, 7) is 0.0863. The molecule has 4 rings (SSSR count). The number of halogens is 1. The molecule has 0 aliphatic rings. The number of rotatable bonds is 4. The molecule has 0 unspecified atom stereocenters. The molecule has 0 N–H and O–H groups in total. The van der Waals surface area contributed by atoms with Gasteiger partial charge in [0.25, 0.3) is 0 Å². The number of hydrogen-bond donors (Lipinski definition) is 0. The first-order valence-electron chi connectivity index (χ1n) is 7.44. The van der Waals surface area contributed by atoms with Crippen LogP contribution in [0.5, 0.6) is 0 Å². The van der Waals surface area contributed by atoms with E-state index in [0.717, 1.165) is 11.3 Å². The number of aromatic nitrogens is 5. The van der Waals surface area contributed by atoms with Crippen molar-refractivity contribution in [2.45, 2.75) is 6.61 Å². The molecular formula is C17H12ClN5O2. The standard InChI is InChI=1S/C17H12ClN5O2/c18-13-3-6-16-21-14(8-22(16)7-13)9-25-17(24)12-1-4-15(5-2-12)23-11-19-10-20-23/h1-8,10-11H,9H2. The number of benzene rings is 1. The van der Waals surface area contributed by atoms with E-state index in [2.05, 4.69) is 15.1 Å². The quantitative estimate of drug-likeness (QED) is 0.527. The third-order valence-electron chi connectivity index (χ3n) is 3.60. The Bertz CT molecular complexity index is 1030. The molecule has 0 saturated heterocycles. The first kappa shape index (κ1) is 15.3. The van der Waals surface area contributed by atoms with E-state index in [1.54, 1.807) is 64.2 Å². The van der Waals surface area contributed by atoms with Crippen LogP contribution in [0.2, 0.25) is 5.02 Å². The van der Waals surface area contributed by atoms with Crippen molar-refractivity contribution in [1.82, 2.24) is 24.1 Å². The molecule has 0 aliphatic carbocycles. The van der Waals surface area contributed by atoms with E-state index in [0.29, 0.717) is 16.3 Å². The Hall–Kier alpha value is -3.19. The van der Waals surface area contributed by atoms with E-state index in [4.69, 9.17) is 16.3 Å². The van der Waals surface area contributed by atoms with Gasteiger partial charge in [-0.3, -0.25) is 0 Å². The summed E-state index contributed by atoms with van der Waals surface area (Å²) in [5.41, 5.74) is 2.66. The van der Waals surface area contributed by atoms with Gasteiger partial charge in [-0.15, -0.1) is 0 Å². The van der Waals surface area contributed by atoms with Crippen molar-refractivity contribution in [3.8, 4) is 5.69 Å². The van der Waals surface area contributed by atoms with Crippen LogP contribution in [0.4, 0.5) is 0 Å². The van der Waals surface area contributed by atoms with Crippen molar-refractivity contribution < 1.29 is 9.53 Å². The van der Waals surface area contributed by atoms with Crippen molar-refractivity contribution >= 4 is 23.2 Å². The molecule has 25 heavy (non-hydrogen) atoms. The summed E-state index contributed by atoms with van der Waals surface area (Å²) >= 11 is 5.94. The van der Waals surface area contributed by atoms with Gasteiger partial charge in [-0.1, -0.05) is 11.6 Å². The Morgan fingerprint density at radius 2 is 1.96 bits per heavy atom. The fourth-order valence-corrected chi connectivity index (χ4v) is 2.57. The number of ether oxygens (including phenoxy) is 1. The summed E-state index contributed by atoms with van der Waals surface area (Å²) < 4.78 is 8.72. The molecule has 0 fully saturated rings. The summed E-state index contributed by atoms with van der Waals surface area (Å²) in [6.07, 6.45) is 6.56. The zero-order valence-corrected chi connectivity index (χ0v) is 13.7. The van der Waals surface area contributed by atoms with E-state index in [-0.39, 0.29) is 6.61 Å². The summed E-state index contributed by atoms with van der Waals surface area (Å²) in [4.78, 5) is 20.4. The highest BCUT2D eigenvalue weighted by atomic mass is 35.5. The second-order valence-corrected chi connectivity index (χ2v) is 5.74. The highest BCUT2D eigenvalue weighted by Gasteiger charge is 2.10. The Labute approximate surface area is 147 Å². The number of hydrogen-bond acceptors (Lipinski definition) is 5. The topological polar surface area (TPSA) is 74.3 Å². The number of imidazole rings is 1. The minimum Gasteiger partial charge on any atom is -0.456 e. The monoisotopic (exact) mass is 353 g/mol. The third-order valence-corrected chi connectivity index (χ3v) is 3.83. The van der Waals surface area contributed by atoms with Crippen LogP contribution in [-0.2, 0) is 11.3 Å². The van der Waals surface area contributed by atoms with E-state index in [1.807, 2.05) is 0 Å². The van der Waals surface area contributed by atoms with Crippen molar-refractivity contribution in [2.24, 2.45) is 0 Å². The van der Waals surface area contributed by atoms with Crippen LogP contribution >= 0.6 is 11.6 Å². The Balaban J connectivity index is 1.44. The van der Waals surface area contributed by atoms with Crippen LogP contribution in [0.1, 0.15) is 16.1 Å². The fraction of sp³-hybridized carbons (Fsp3) is 0.0588. The first-order chi connectivity index (χ1) is 12.2. The van der Waals surface area contributed by atoms with Gasteiger partial charge in [0.05, 0.1) is 22.0 Å². The van der Waals surface area contributed by atoms with Crippen LogP contribution in [-0.4, -0.2) is 30.1 Å². The predicted octanol–water partition coefficient (Wildman–Crippen LogP) is 2.93. The van der Waals surface area contributed by atoms with E-state index in [9.17, 15) is 4.79 Å². The van der Waals surface area contributed by atoms with E-state index < -0.39 is 5.97 Å². The van der Waals surface area contributed by atoms with Crippen molar-refractivity contribution in [2.75, 3.05) is 0 Å². The summed E-state index contributed by atoms with van der Waals surface area (Å²) in [5, 5.41) is 4.65. The van der Waals surface area contributed by atoms with Crippen LogP contribution in [0.25, 0.3) is 11.3 Å². The summed E-state index contributed by atoms with van der Waals surface area (Å²) in [5.74, 6) is -0.416.